The Labute approximate surface area is 168 Å². The van der Waals surface area contributed by atoms with Crippen LogP contribution in [0, 0.1) is 18.3 Å². The molecule has 0 aromatic heterocycles. The van der Waals surface area contributed by atoms with Crippen LogP contribution in [0.25, 0.3) is 0 Å². The van der Waals surface area contributed by atoms with E-state index in [0.717, 1.165) is 42.7 Å². The molecule has 1 rings (SSSR count). The highest BCUT2D eigenvalue weighted by molar-refractivity contribution is 5.97. The highest BCUT2D eigenvalue weighted by atomic mass is 16.5. The Bertz CT molecular complexity index is 680. The van der Waals surface area contributed by atoms with Crippen LogP contribution in [0.1, 0.15) is 57.2 Å². The number of nitrogens with zero attached hydrogens (tertiary/aromatic N) is 1. The third kappa shape index (κ3) is 8.45. The van der Waals surface area contributed by atoms with Crippen LogP contribution >= 0.6 is 0 Å². The van der Waals surface area contributed by atoms with E-state index >= 15 is 0 Å². The summed E-state index contributed by atoms with van der Waals surface area (Å²) in [5, 5.41) is 15.2. The van der Waals surface area contributed by atoms with Gasteiger partial charge in [0.2, 0.25) is 0 Å². The predicted octanol–water partition coefficient (Wildman–Crippen LogP) is 3.77. The highest BCUT2D eigenvalue weighted by Crippen LogP contribution is 2.26. The van der Waals surface area contributed by atoms with Gasteiger partial charge in [0.25, 0.3) is 5.91 Å². The van der Waals surface area contributed by atoms with E-state index in [2.05, 4.69) is 17.6 Å². The van der Waals surface area contributed by atoms with E-state index in [1.807, 2.05) is 45.0 Å². The molecule has 1 unspecified atom stereocenters. The summed E-state index contributed by atoms with van der Waals surface area (Å²) in [6.45, 7) is 10.6. The molecule has 6 nitrogen and oxygen atoms in total. The molecule has 0 radical (unpaired) electrons. The second-order valence-corrected chi connectivity index (χ2v) is 6.61. The molecule has 0 aliphatic carbocycles. The third-order valence-corrected chi connectivity index (χ3v) is 4.14. The normalized spacial score (nSPS) is 12.2. The average molecular weight is 388 g/mol. The summed E-state index contributed by atoms with van der Waals surface area (Å²) < 4.78 is 11.1. The Kier molecular flexibility index (Phi) is 11.4. The molecule has 0 spiro atoms. The molecule has 0 bridgehead atoms. The minimum Gasteiger partial charge on any atom is -0.494 e. The number of carbonyl (C=O) groups is 1. The van der Waals surface area contributed by atoms with Crippen LogP contribution in [0.3, 0.4) is 0 Å². The van der Waals surface area contributed by atoms with Crippen molar-refractivity contribution in [1.82, 2.24) is 10.6 Å². The lowest BCUT2D eigenvalue weighted by Gasteiger charge is -2.18. The Morgan fingerprint density at radius 2 is 2.04 bits per heavy atom. The van der Waals surface area contributed by atoms with Gasteiger partial charge in [0.1, 0.15) is 17.4 Å². The summed E-state index contributed by atoms with van der Waals surface area (Å²) in [4.78, 5) is 12.4. The first-order valence-corrected chi connectivity index (χ1v) is 9.99. The van der Waals surface area contributed by atoms with Gasteiger partial charge < -0.3 is 20.1 Å². The number of benzene rings is 1. The minimum absolute atomic E-state index is 0.0457. The maximum absolute atomic E-state index is 12.4. The fourth-order valence-corrected chi connectivity index (χ4v) is 2.59. The SMILES string of the molecule is CCCCOCCCN/C=C(/C#N)C(=O)NC(C)c1cc(C)ccc1OCC. The van der Waals surface area contributed by atoms with Crippen LogP contribution in [0.4, 0.5) is 0 Å². The van der Waals surface area contributed by atoms with E-state index in [-0.39, 0.29) is 11.6 Å². The summed E-state index contributed by atoms with van der Waals surface area (Å²) in [5.74, 6) is 0.329. The number of nitriles is 1. The molecule has 0 fully saturated rings. The minimum atomic E-state index is -0.411. The molecule has 1 aromatic rings. The lowest BCUT2D eigenvalue weighted by atomic mass is 10.0. The monoisotopic (exact) mass is 387 g/mol. The van der Waals surface area contributed by atoms with Crippen molar-refractivity contribution in [2.45, 2.75) is 53.0 Å². The zero-order valence-electron chi connectivity index (χ0n) is 17.5. The maximum Gasteiger partial charge on any atom is 0.263 e. The highest BCUT2D eigenvalue weighted by Gasteiger charge is 2.17. The van der Waals surface area contributed by atoms with Crippen molar-refractivity contribution in [2.75, 3.05) is 26.4 Å². The van der Waals surface area contributed by atoms with Crippen LogP contribution in [0.5, 0.6) is 5.75 Å². The van der Waals surface area contributed by atoms with Crippen LogP contribution in [-0.4, -0.2) is 32.3 Å². The van der Waals surface area contributed by atoms with E-state index in [0.29, 0.717) is 19.8 Å². The summed E-state index contributed by atoms with van der Waals surface area (Å²) in [6.07, 6.45) is 4.47. The van der Waals surface area contributed by atoms with Gasteiger partial charge in [-0.1, -0.05) is 31.0 Å². The molecule has 0 aliphatic heterocycles. The van der Waals surface area contributed by atoms with Crippen molar-refractivity contribution in [3.8, 4) is 11.8 Å². The van der Waals surface area contributed by atoms with Gasteiger partial charge in [-0.15, -0.1) is 0 Å². The molecule has 2 N–H and O–H groups in total. The summed E-state index contributed by atoms with van der Waals surface area (Å²) in [6, 6.07) is 7.54. The number of amides is 1. The fourth-order valence-electron chi connectivity index (χ4n) is 2.59. The number of aryl methyl sites for hydroxylation is 1. The molecule has 0 heterocycles. The zero-order chi connectivity index (χ0) is 20.8. The fraction of sp³-hybridized carbons (Fsp3) is 0.545. The van der Waals surface area contributed by atoms with Gasteiger partial charge in [-0.05, 0) is 39.7 Å². The maximum atomic E-state index is 12.4. The molecular weight excluding hydrogens is 354 g/mol. The molecule has 6 heteroatoms. The first-order chi connectivity index (χ1) is 13.5. The van der Waals surface area contributed by atoms with Crippen LogP contribution < -0.4 is 15.4 Å². The molecule has 1 amide bonds. The van der Waals surface area contributed by atoms with Crippen molar-refractivity contribution in [3.05, 3.63) is 41.1 Å². The quantitative estimate of drug-likeness (QED) is 0.306. The largest absolute Gasteiger partial charge is 0.494 e. The third-order valence-electron chi connectivity index (χ3n) is 4.14. The Morgan fingerprint density at radius 3 is 2.71 bits per heavy atom. The summed E-state index contributed by atoms with van der Waals surface area (Å²) >= 11 is 0. The lowest BCUT2D eigenvalue weighted by molar-refractivity contribution is -0.117. The van der Waals surface area contributed by atoms with Gasteiger partial charge in [-0.25, -0.2) is 0 Å². The number of carbonyl (C=O) groups excluding carboxylic acids is 1. The number of hydrogen-bond acceptors (Lipinski definition) is 5. The summed E-state index contributed by atoms with van der Waals surface area (Å²) in [7, 11) is 0. The van der Waals surface area contributed by atoms with Gasteiger partial charge in [0.05, 0.1) is 12.6 Å². The smallest absolute Gasteiger partial charge is 0.263 e. The number of nitrogens with one attached hydrogen (secondary N) is 2. The van der Waals surface area contributed by atoms with E-state index in [1.165, 1.54) is 6.20 Å². The first kappa shape index (κ1) is 23.5. The van der Waals surface area contributed by atoms with E-state index < -0.39 is 5.91 Å². The molecular formula is C22H33N3O3. The molecule has 0 saturated heterocycles. The Morgan fingerprint density at radius 1 is 1.29 bits per heavy atom. The van der Waals surface area contributed by atoms with Crippen molar-refractivity contribution in [3.63, 3.8) is 0 Å². The topological polar surface area (TPSA) is 83.4 Å². The van der Waals surface area contributed by atoms with Gasteiger partial charge >= 0.3 is 0 Å². The second kappa shape index (κ2) is 13.6. The number of unbranched alkanes of at least 4 members (excludes halogenated alkanes) is 1. The van der Waals surface area contributed by atoms with Crippen LogP contribution in [0.2, 0.25) is 0 Å². The Hall–Kier alpha value is -2.52. The van der Waals surface area contributed by atoms with Crippen molar-refractivity contribution < 1.29 is 14.3 Å². The van der Waals surface area contributed by atoms with E-state index in [1.54, 1.807) is 0 Å². The zero-order valence-corrected chi connectivity index (χ0v) is 17.5. The molecule has 28 heavy (non-hydrogen) atoms. The lowest BCUT2D eigenvalue weighted by Crippen LogP contribution is -2.29. The van der Waals surface area contributed by atoms with Crippen molar-refractivity contribution in [1.29, 1.82) is 5.26 Å². The number of hydrogen-bond donors (Lipinski definition) is 2. The van der Waals surface area contributed by atoms with E-state index in [4.69, 9.17) is 9.47 Å². The van der Waals surface area contributed by atoms with Gasteiger partial charge in [-0.2, -0.15) is 5.26 Å². The number of rotatable bonds is 13. The number of ether oxygens (including phenoxy) is 2. The van der Waals surface area contributed by atoms with Gasteiger partial charge in [0.15, 0.2) is 0 Å². The predicted molar refractivity (Wildman–Crippen MR) is 111 cm³/mol. The molecule has 1 atom stereocenters. The van der Waals surface area contributed by atoms with Gasteiger partial charge in [-0.3, -0.25) is 4.79 Å². The van der Waals surface area contributed by atoms with Crippen molar-refractivity contribution >= 4 is 5.91 Å². The standard InChI is InChI=1S/C22H33N3O3/c1-5-7-12-27-13-8-11-24-16-19(15-23)22(26)25-18(4)20-14-17(3)9-10-21(20)28-6-2/h9-10,14,16,18,24H,5-8,11-13H2,1-4H3,(H,25,26)/b19-16-. The first-order valence-electron chi connectivity index (χ1n) is 9.99. The molecule has 1 aromatic carbocycles. The molecule has 0 saturated carbocycles. The molecule has 0 aliphatic rings. The average Bonchev–Trinajstić information content (AvgIpc) is 2.68. The molecule has 154 valence electrons. The Balaban J connectivity index is 2.57. The van der Waals surface area contributed by atoms with Gasteiger partial charge in [0, 0.05) is 31.5 Å². The summed E-state index contributed by atoms with van der Waals surface area (Å²) in [5.41, 5.74) is 2.02. The van der Waals surface area contributed by atoms with Crippen molar-refractivity contribution in [2.24, 2.45) is 0 Å². The van der Waals surface area contributed by atoms with Crippen LogP contribution in [0.15, 0.2) is 30.0 Å². The van der Waals surface area contributed by atoms with Crippen LogP contribution in [-0.2, 0) is 9.53 Å². The van der Waals surface area contributed by atoms with E-state index in [9.17, 15) is 10.1 Å². The second-order valence-electron chi connectivity index (χ2n) is 6.61.